The molecule has 1 N–H and O–H groups in total. The highest BCUT2D eigenvalue weighted by Crippen LogP contribution is 2.25. The van der Waals surface area contributed by atoms with E-state index in [1.54, 1.807) is 0 Å². The maximum atomic E-state index is 4.23. The highest BCUT2D eigenvalue weighted by Gasteiger charge is 2.12. The molecule has 0 saturated carbocycles. The van der Waals surface area contributed by atoms with Crippen LogP contribution in [0.1, 0.15) is 98.8 Å². The van der Waals surface area contributed by atoms with Gasteiger partial charge in [0.15, 0.2) is 0 Å². The summed E-state index contributed by atoms with van der Waals surface area (Å²) in [5, 5.41) is 1.34. The molecule has 0 fully saturated rings. The van der Waals surface area contributed by atoms with E-state index in [1.165, 1.54) is 56.3 Å². The van der Waals surface area contributed by atoms with Crippen LogP contribution in [0.15, 0.2) is 140 Å². The number of nitrogens with one attached hydrogen (secondary N) is 1. The van der Waals surface area contributed by atoms with Gasteiger partial charge in [0.25, 0.3) is 0 Å². The number of benzene rings is 3. The maximum Gasteiger partial charge on any atom is 0.0456 e. The largest absolute Gasteiger partial charge is 0.361 e. The van der Waals surface area contributed by atoms with Gasteiger partial charge in [0.2, 0.25) is 0 Å². The third kappa shape index (κ3) is 17.9. The normalized spacial score (nSPS) is 12.9. The van der Waals surface area contributed by atoms with E-state index in [9.17, 15) is 0 Å². The summed E-state index contributed by atoms with van der Waals surface area (Å²) in [5.74, 6) is 3.10. The molecule has 1 heterocycles. The molecule has 3 aromatic carbocycles. The summed E-state index contributed by atoms with van der Waals surface area (Å²) in [6, 6.07) is 29.6. The zero-order chi connectivity index (χ0) is 36.9. The van der Waals surface area contributed by atoms with Crippen molar-refractivity contribution in [3.8, 4) is 0 Å². The number of aromatic amines is 1. The van der Waals surface area contributed by atoms with Crippen LogP contribution in [-0.2, 0) is 19.3 Å². The zero-order valence-corrected chi connectivity index (χ0v) is 32.9. The molecule has 0 radical (unpaired) electrons. The van der Waals surface area contributed by atoms with Gasteiger partial charge in [-0.05, 0) is 98.8 Å². The van der Waals surface area contributed by atoms with Crippen molar-refractivity contribution in [3.63, 3.8) is 0 Å². The molecular formula is C48H69N. The highest BCUT2D eigenvalue weighted by atomic mass is 14.7. The summed E-state index contributed by atoms with van der Waals surface area (Å²) in [7, 11) is 0. The van der Waals surface area contributed by atoms with Crippen LogP contribution < -0.4 is 0 Å². The second kappa shape index (κ2) is 23.5. The van der Waals surface area contributed by atoms with Crippen LogP contribution >= 0.6 is 0 Å². The lowest BCUT2D eigenvalue weighted by atomic mass is 9.87. The van der Waals surface area contributed by atoms with Crippen LogP contribution in [0.4, 0.5) is 0 Å². The molecule has 1 aromatic heterocycles. The number of rotatable bonds is 13. The highest BCUT2D eigenvalue weighted by molar-refractivity contribution is 5.83. The van der Waals surface area contributed by atoms with E-state index in [0.29, 0.717) is 23.7 Å². The van der Waals surface area contributed by atoms with Crippen molar-refractivity contribution in [3.05, 3.63) is 156 Å². The Balaban J connectivity index is 0.000000347. The van der Waals surface area contributed by atoms with Gasteiger partial charge in [0.1, 0.15) is 0 Å². The molecule has 0 aliphatic rings. The number of aromatic nitrogens is 1. The van der Waals surface area contributed by atoms with E-state index >= 15 is 0 Å². The molecule has 0 amide bonds. The van der Waals surface area contributed by atoms with Gasteiger partial charge in [-0.25, -0.2) is 0 Å². The standard InChI is InChI=1S/C17H24.C14H17N.C12H16.C5H12/c1-13(2)14(3)11-15(4)16(5)12-17-9-7-6-8-10-17;1-10(2)11(3)8-12-9-15-14-7-5-4-6-13(12)14;1-10(2)11(3)9-12-7-5-4-6-8-12;1-4-5(2)3/h6-10,14,16H,1,4,11-12H2,2-3,5H3;4-7,9,11,15H,1,8H2,2-3H3;4-8,11H,1,9H2,2-3H3;5H,4H2,1-3H3. The Morgan fingerprint density at radius 1 is 0.551 bits per heavy atom. The van der Waals surface area contributed by atoms with Crippen LogP contribution in [0.3, 0.4) is 0 Å². The second-order valence-electron chi connectivity index (χ2n) is 14.8. The summed E-state index contributed by atoms with van der Waals surface area (Å²) in [5.41, 5.74) is 10.5. The average Bonchev–Trinajstić information content (AvgIpc) is 3.48. The van der Waals surface area contributed by atoms with E-state index in [4.69, 9.17) is 0 Å². The van der Waals surface area contributed by atoms with Gasteiger partial charge in [0.05, 0.1) is 0 Å². The molecule has 1 nitrogen and oxygen atoms in total. The van der Waals surface area contributed by atoms with Gasteiger partial charge < -0.3 is 4.98 Å². The van der Waals surface area contributed by atoms with Crippen LogP contribution in [0, 0.1) is 29.6 Å². The second-order valence-corrected chi connectivity index (χ2v) is 14.8. The summed E-state index contributed by atoms with van der Waals surface area (Å²) >= 11 is 0. The van der Waals surface area contributed by atoms with Crippen molar-refractivity contribution in [2.24, 2.45) is 29.6 Å². The predicted octanol–water partition coefficient (Wildman–Crippen LogP) is 14.4. The number of H-pyrrole nitrogens is 1. The predicted molar refractivity (Wildman–Crippen MR) is 222 cm³/mol. The summed E-state index contributed by atoms with van der Waals surface area (Å²) in [6.07, 6.45) is 7.74. The first kappa shape index (κ1) is 43.2. The van der Waals surface area contributed by atoms with Crippen LogP contribution in [0.2, 0.25) is 0 Å². The minimum Gasteiger partial charge on any atom is -0.361 e. The summed E-state index contributed by atoms with van der Waals surface area (Å²) < 4.78 is 0. The molecule has 0 spiro atoms. The first-order valence-electron chi connectivity index (χ1n) is 18.4. The number of fused-ring (bicyclic) bond motifs is 1. The van der Waals surface area contributed by atoms with Crippen molar-refractivity contribution < 1.29 is 0 Å². The minimum absolute atomic E-state index is 0.541. The smallest absolute Gasteiger partial charge is 0.0456 e. The third-order valence-corrected chi connectivity index (χ3v) is 9.58. The molecule has 4 aromatic rings. The topological polar surface area (TPSA) is 15.8 Å². The Morgan fingerprint density at radius 2 is 0.959 bits per heavy atom. The van der Waals surface area contributed by atoms with Crippen LogP contribution in [0.25, 0.3) is 10.9 Å². The summed E-state index contributed by atoms with van der Waals surface area (Å²) in [4.78, 5) is 3.30. The van der Waals surface area contributed by atoms with Crippen LogP contribution in [0.5, 0.6) is 0 Å². The van der Waals surface area contributed by atoms with E-state index in [1.807, 2.05) is 0 Å². The van der Waals surface area contributed by atoms with Gasteiger partial charge in [-0.3, -0.25) is 0 Å². The lowest BCUT2D eigenvalue weighted by Gasteiger charge is -2.19. The number of allylic oxidation sites excluding steroid dienone is 4. The minimum atomic E-state index is 0.541. The molecule has 1 heteroatoms. The molecule has 49 heavy (non-hydrogen) atoms. The van der Waals surface area contributed by atoms with E-state index in [-0.39, 0.29) is 0 Å². The monoisotopic (exact) mass is 660 g/mol. The Kier molecular flexibility index (Phi) is 20.7. The fraction of sp³-hybridized carbons (Fsp3) is 0.417. The van der Waals surface area contributed by atoms with Crippen molar-refractivity contribution in [1.29, 1.82) is 0 Å². The Bertz CT molecular complexity index is 1520. The molecule has 0 aliphatic carbocycles. The van der Waals surface area contributed by atoms with Gasteiger partial charge in [-0.2, -0.15) is 0 Å². The maximum absolute atomic E-state index is 4.23. The fourth-order valence-corrected chi connectivity index (χ4v) is 4.83. The van der Waals surface area contributed by atoms with Crippen molar-refractivity contribution in [2.45, 2.75) is 101 Å². The first-order chi connectivity index (χ1) is 23.2. The van der Waals surface area contributed by atoms with Crippen LogP contribution in [-0.4, -0.2) is 4.98 Å². The Labute approximate surface area is 302 Å². The van der Waals surface area contributed by atoms with Gasteiger partial charge in [-0.1, -0.05) is 182 Å². The molecule has 4 rings (SSSR count). The summed E-state index contributed by atoms with van der Waals surface area (Å²) in [6.45, 7) is 38.1. The van der Waals surface area contributed by atoms with Gasteiger partial charge in [0, 0.05) is 17.1 Å². The lowest BCUT2D eigenvalue weighted by molar-refractivity contribution is 0.581. The molecule has 0 aliphatic heterocycles. The van der Waals surface area contributed by atoms with E-state index in [0.717, 1.165) is 31.6 Å². The number of hydrogen-bond acceptors (Lipinski definition) is 0. The lowest BCUT2D eigenvalue weighted by Crippen LogP contribution is -2.07. The van der Waals surface area contributed by atoms with E-state index in [2.05, 4.69) is 192 Å². The van der Waals surface area contributed by atoms with Crippen molar-refractivity contribution >= 4 is 10.9 Å². The zero-order valence-electron chi connectivity index (χ0n) is 32.9. The van der Waals surface area contributed by atoms with Gasteiger partial charge >= 0.3 is 0 Å². The number of para-hydroxylation sites is 1. The Morgan fingerprint density at radius 3 is 1.41 bits per heavy atom. The Hall–Kier alpha value is -3.84. The molecule has 4 atom stereocenters. The number of hydrogen-bond donors (Lipinski definition) is 1. The van der Waals surface area contributed by atoms with Crippen molar-refractivity contribution in [1.82, 2.24) is 4.98 Å². The van der Waals surface area contributed by atoms with Gasteiger partial charge in [-0.15, -0.1) is 0 Å². The quantitative estimate of drug-likeness (QED) is 0.137. The third-order valence-electron chi connectivity index (χ3n) is 9.58. The van der Waals surface area contributed by atoms with Crippen molar-refractivity contribution in [2.75, 3.05) is 0 Å². The SMILES string of the molecule is C=C(C)C(C)CC(=C)C(C)Cc1ccccc1.C=C(C)C(C)Cc1c[nH]c2ccccc12.C=C(C)C(C)Cc1ccccc1.CCC(C)C. The molecule has 0 bridgehead atoms. The first-order valence-corrected chi connectivity index (χ1v) is 18.4. The van der Waals surface area contributed by atoms with E-state index < -0.39 is 0 Å². The molecular weight excluding hydrogens is 591 g/mol. The molecule has 4 unspecified atom stereocenters. The average molecular weight is 660 g/mol. The fourth-order valence-electron chi connectivity index (χ4n) is 4.83. The molecule has 266 valence electrons. The molecule has 0 saturated heterocycles.